The van der Waals surface area contributed by atoms with E-state index in [1.165, 1.54) is 76.5 Å². The van der Waals surface area contributed by atoms with E-state index < -0.39 is 0 Å². The van der Waals surface area contributed by atoms with Gasteiger partial charge in [0.15, 0.2) is 0 Å². The maximum atomic E-state index is 2.44. The van der Waals surface area contributed by atoms with Crippen LogP contribution in [0.3, 0.4) is 0 Å². The first-order valence-electron chi connectivity index (χ1n) is 17.5. The lowest BCUT2D eigenvalue weighted by atomic mass is 9.82. The van der Waals surface area contributed by atoms with Gasteiger partial charge >= 0.3 is 0 Å². The molecule has 50 heavy (non-hydrogen) atoms. The molecule has 1 nitrogen and oxygen atoms in total. The van der Waals surface area contributed by atoms with E-state index in [-0.39, 0.29) is 5.41 Å². The Labute approximate surface area is 292 Å². The van der Waals surface area contributed by atoms with Gasteiger partial charge in [0, 0.05) is 22.5 Å². The van der Waals surface area contributed by atoms with Gasteiger partial charge in [0.2, 0.25) is 0 Å². The van der Waals surface area contributed by atoms with Crippen LogP contribution >= 0.6 is 0 Å². The fraction of sp³-hybridized carbons (Fsp3) is 0.0612. The smallest absolute Gasteiger partial charge is 0.0468 e. The number of nitrogens with zero attached hydrogens (tertiary/aromatic N) is 1. The van der Waals surface area contributed by atoms with Crippen molar-refractivity contribution < 1.29 is 0 Å². The minimum Gasteiger partial charge on any atom is -0.310 e. The van der Waals surface area contributed by atoms with Crippen LogP contribution in [0.15, 0.2) is 176 Å². The molecule has 10 rings (SSSR count). The fourth-order valence-electron chi connectivity index (χ4n) is 8.45. The first-order valence-corrected chi connectivity index (χ1v) is 17.5. The number of rotatable bonds is 4. The number of benzene rings is 9. The molecule has 236 valence electrons. The van der Waals surface area contributed by atoms with Crippen molar-refractivity contribution in [2.75, 3.05) is 4.90 Å². The van der Waals surface area contributed by atoms with Gasteiger partial charge in [0.25, 0.3) is 0 Å². The molecule has 1 aliphatic carbocycles. The van der Waals surface area contributed by atoms with Crippen LogP contribution in [0.2, 0.25) is 0 Å². The standard InChI is InChI=1S/C49H35N/c1-49(2)46-17-8-7-16-44(46)45-31-41(25-27-47(45)49)50(39-14-9-13-36(29-39)37-22-18-32-10-3-4-12-35(32)28-37)40-24-26-43-38(30-40)23-21-34-20-19-33-11-5-6-15-42(33)48(34)43/h3-31H,1-2H3. The van der Waals surface area contributed by atoms with Crippen molar-refractivity contribution in [2.45, 2.75) is 19.3 Å². The summed E-state index contributed by atoms with van der Waals surface area (Å²) in [5.74, 6) is 0. The van der Waals surface area contributed by atoms with Gasteiger partial charge < -0.3 is 4.90 Å². The first kappa shape index (κ1) is 28.8. The van der Waals surface area contributed by atoms with E-state index in [1.54, 1.807) is 0 Å². The van der Waals surface area contributed by atoms with E-state index in [1.807, 2.05) is 0 Å². The third-order valence-corrected chi connectivity index (χ3v) is 11.0. The van der Waals surface area contributed by atoms with Crippen LogP contribution in [-0.2, 0) is 5.41 Å². The molecule has 0 amide bonds. The molecule has 1 heteroatoms. The van der Waals surface area contributed by atoms with Crippen LogP contribution in [0.25, 0.3) is 65.3 Å². The number of hydrogen-bond acceptors (Lipinski definition) is 1. The molecular formula is C49H35N. The van der Waals surface area contributed by atoms with Crippen LogP contribution < -0.4 is 4.90 Å². The quantitative estimate of drug-likeness (QED) is 0.174. The van der Waals surface area contributed by atoms with Crippen LogP contribution in [-0.4, -0.2) is 0 Å². The summed E-state index contributed by atoms with van der Waals surface area (Å²) >= 11 is 0. The predicted octanol–water partition coefficient (Wildman–Crippen LogP) is 13.7. The lowest BCUT2D eigenvalue weighted by Gasteiger charge is -2.28. The largest absolute Gasteiger partial charge is 0.310 e. The second-order valence-electron chi connectivity index (χ2n) is 14.2. The topological polar surface area (TPSA) is 3.24 Å². The van der Waals surface area contributed by atoms with Crippen LogP contribution in [0.1, 0.15) is 25.0 Å². The SMILES string of the molecule is CC1(C)c2ccccc2-c2cc(N(c3cccc(-c4ccc5ccccc5c4)c3)c3ccc4c(ccc5ccc6ccccc6c54)c3)ccc21. The van der Waals surface area contributed by atoms with Crippen molar-refractivity contribution in [2.24, 2.45) is 0 Å². The third kappa shape index (κ3) is 4.40. The average Bonchev–Trinajstić information content (AvgIpc) is 3.40. The first-order chi connectivity index (χ1) is 24.5. The molecule has 9 aromatic carbocycles. The molecule has 0 bridgehead atoms. The molecule has 0 aliphatic heterocycles. The second-order valence-corrected chi connectivity index (χ2v) is 14.2. The predicted molar refractivity (Wildman–Crippen MR) is 214 cm³/mol. The Morgan fingerprint density at radius 2 is 0.980 bits per heavy atom. The summed E-state index contributed by atoms with van der Waals surface area (Å²) in [6.07, 6.45) is 0. The second kappa shape index (κ2) is 10.9. The molecule has 1 aliphatic rings. The maximum absolute atomic E-state index is 2.44. The Hall–Kier alpha value is -6.18. The molecule has 0 aromatic heterocycles. The van der Waals surface area contributed by atoms with Crippen LogP contribution in [0.5, 0.6) is 0 Å². The van der Waals surface area contributed by atoms with Gasteiger partial charge in [-0.25, -0.2) is 0 Å². The summed E-state index contributed by atoms with van der Waals surface area (Å²) in [5.41, 5.74) is 11.2. The van der Waals surface area contributed by atoms with E-state index in [0.29, 0.717) is 0 Å². The molecule has 0 atom stereocenters. The minimum absolute atomic E-state index is 0.0436. The third-order valence-electron chi connectivity index (χ3n) is 11.0. The van der Waals surface area contributed by atoms with Crippen molar-refractivity contribution in [3.8, 4) is 22.3 Å². The van der Waals surface area contributed by atoms with E-state index >= 15 is 0 Å². The summed E-state index contributed by atoms with van der Waals surface area (Å²) in [5, 5.41) is 10.2. The van der Waals surface area contributed by atoms with Gasteiger partial charge in [0.05, 0.1) is 0 Å². The Morgan fingerprint density at radius 1 is 0.360 bits per heavy atom. The van der Waals surface area contributed by atoms with Crippen molar-refractivity contribution in [3.63, 3.8) is 0 Å². The molecule has 0 radical (unpaired) electrons. The zero-order valence-electron chi connectivity index (χ0n) is 28.2. The van der Waals surface area contributed by atoms with Crippen LogP contribution in [0, 0.1) is 0 Å². The van der Waals surface area contributed by atoms with Gasteiger partial charge in [-0.05, 0) is 119 Å². The monoisotopic (exact) mass is 637 g/mol. The van der Waals surface area contributed by atoms with E-state index in [9.17, 15) is 0 Å². The van der Waals surface area contributed by atoms with Gasteiger partial charge in [0.1, 0.15) is 0 Å². The average molecular weight is 638 g/mol. The molecule has 0 saturated carbocycles. The molecular weight excluding hydrogens is 603 g/mol. The Balaban J connectivity index is 1.18. The van der Waals surface area contributed by atoms with Crippen LogP contribution in [0.4, 0.5) is 17.1 Å². The van der Waals surface area contributed by atoms with Gasteiger partial charge in [-0.1, -0.05) is 147 Å². The fourth-order valence-corrected chi connectivity index (χ4v) is 8.45. The summed E-state index contributed by atoms with van der Waals surface area (Å²) < 4.78 is 0. The highest BCUT2D eigenvalue weighted by Gasteiger charge is 2.35. The van der Waals surface area contributed by atoms with Crippen molar-refractivity contribution in [3.05, 3.63) is 187 Å². The minimum atomic E-state index is -0.0436. The summed E-state index contributed by atoms with van der Waals surface area (Å²) in [7, 11) is 0. The molecule has 9 aromatic rings. The van der Waals surface area contributed by atoms with Gasteiger partial charge in [-0.2, -0.15) is 0 Å². The van der Waals surface area contributed by atoms with Crippen molar-refractivity contribution >= 4 is 60.2 Å². The van der Waals surface area contributed by atoms with E-state index in [0.717, 1.165) is 17.1 Å². The molecule has 0 N–H and O–H groups in total. The highest BCUT2D eigenvalue weighted by Crippen LogP contribution is 2.51. The van der Waals surface area contributed by atoms with Crippen molar-refractivity contribution in [1.29, 1.82) is 0 Å². The molecule has 0 fully saturated rings. The normalized spacial score (nSPS) is 13.2. The Morgan fingerprint density at radius 3 is 1.88 bits per heavy atom. The van der Waals surface area contributed by atoms with Gasteiger partial charge in [-0.3, -0.25) is 0 Å². The zero-order chi connectivity index (χ0) is 33.4. The Bertz CT molecular complexity index is 2800. The molecule has 0 unspecified atom stereocenters. The molecule has 0 heterocycles. The highest BCUT2D eigenvalue weighted by molar-refractivity contribution is 6.20. The zero-order valence-corrected chi connectivity index (χ0v) is 28.2. The lowest BCUT2D eigenvalue weighted by molar-refractivity contribution is 0.660. The maximum Gasteiger partial charge on any atom is 0.0468 e. The lowest BCUT2D eigenvalue weighted by Crippen LogP contribution is -2.15. The van der Waals surface area contributed by atoms with Gasteiger partial charge in [-0.15, -0.1) is 0 Å². The summed E-state index contributed by atoms with van der Waals surface area (Å²) in [6.45, 7) is 4.69. The summed E-state index contributed by atoms with van der Waals surface area (Å²) in [4.78, 5) is 2.44. The Kier molecular flexibility index (Phi) is 6.29. The van der Waals surface area contributed by atoms with Crippen molar-refractivity contribution in [1.82, 2.24) is 0 Å². The summed E-state index contributed by atoms with van der Waals surface area (Å²) in [6, 6.07) is 65.1. The number of hydrogen-bond donors (Lipinski definition) is 0. The number of anilines is 3. The van der Waals surface area contributed by atoms with E-state index in [2.05, 4.69) is 195 Å². The molecule has 0 saturated heterocycles. The molecule has 0 spiro atoms. The number of fused-ring (bicyclic) bond motifs is 9. The van der Waals surface area contributed by atoms with E-state index in [4.69, 9.17) is 0 Å². The highest BCUT2D eigenvalue weighted by atomic mass is 15.1.